The van der Waals surface area contributed by atoms with Gasteiger partial charge in [0.2, 0.25) is 0 Å². The van der Waals surface area contributed by atoms with E-state index in [1.807, 2.05) is 12.1 Å². The Balaban J connectivity index is 2.59. The molecular weight excluding hydrogens is 138 g/mol. The number of hydrogen-bond donors (Lipinski definition) is 0. The maximum absolute atomic E-state index is 11.1. The first kappa shape index (κ1) is 6.28. The topological polar surface area (TPSA) is 29.4 Å². The molecule has 0 unspecified atom stereocenters. The number of fused-ring (bicyclic) bond motifs is 1. The largest absolute Gasteiger partial charge is 0.276 e. The quantitative estimate of drug-likeness (QED) is 0.539. The second-order valence-corrected chi connectivity index (χ2v) is 2.40. The first-order valence-corrected chi connectivity index (χ1v) is 3.44. The highest BCUT2D eigenvalue weighted by molar-refractivity contribution is 6.03. The molecule has 0 spiro atoms. The van der Waals surface area contributed by atoms with Crippen molar-refractivity contribution in [1.82, 2.24) is 0 Å². The molecule has 1 aliphatic heterocycles. The van der Waals surface area contributed by atoms with E-state index in [9.17, 15) is 4.79 Å². The van der Waals surface area contributed by atoms with Crippen LogP contribution in [-0.4, -0.2) is 12.1 Å². The van der Waals surface area contributed by atoms with E-state index in [1.165, 1.54) is 0 Å². The van der Waals surface area contributed by atoms with Crippen molar-refractivity contribution >= 4 is 12.1 Å². The first-order valence-electron chi connectivity index (χ1n) is 3.44. The predicted octanol–water partition coefficient (Wildman–Crippen LogP) is 1.25. The zero-order valence-electron chi connectivity index (χ0n) is 5.87. The summed E-state index contributed by atoms with van der Waals surface area (Å²) in [6, 6.07) is 8.26. The van der Waals surface area contributed by atoms with Crippen LogP contribution in [0.5, 0.6) is 0 Å². The fraction of sp³-hybridized carbons (Fsp3) is 0.111. The summed E-state index contributed by atoms with van der Waals surface area (Å²) in [5, 5.41) is 0. The molecule has 1 heterocycles. The van der Waals surface area contributed by atoms with Gasteiger partial charge in [0, 0.05) is 18.2 Å². The standard InChI is InChI=1S/C9H6NO/c11-9-8-4-2-1-3-7(8)5-6-10-9/h1,3-4,6H,5H2. The van der Waals surface area contributed by atoms with E-state index in [2.05, 4.69) is 11.1 Å². The number of hydrogen-bond acceptors (Lipinski definition) is 1. The van der Waals surface area contributed by atoms with Crippen molar-refractivity contribution in [3.63, 3.8) is 0 Å². The van der Waals surface area contributed by atoms with Crippen LogP contribution in [0.4, 0.5) is 0 Å². The highest BCUT2D eigenvalue weighted by Gasteiger charge is 2.11. The van der Waals surface area contributed by atoms with Crippen LogP contribution in [0, 0.1) is 6.07 Å². The number of carbonyl (C=O) groups excluding carboxylic acids is 1. The molecule has 0 bridgehead atoms. The van der Waals surface area contributed by atoms with Crippen molar-refractivity contribution in [3.8, 4) is 0 Å². The lowest BCUT2D eigenvalue weighted by Crippen LogP contribution is -2.07. The molecule has 0 N–H and O–H groups in total. The van der Waals surface area contributed by atoms with Gasteiger partial charge < -0.3 is 0 Å². The van der Waals surface area contributed by atoms with Crippen LogP contribution in [0.3, 0.4) is 0 Å². The van der Waals surface area contributed by atoms with E-state index in [4.69, 9.17) is 0 Å². The molecule has 1 amide bonds. The van der Waals surface area contributed by atoms with Gasteiger partial charge in [0.25, 0.3) is 5.91 Å². The highest BCUT2D eigenvalue weighted by Crippen LogP contribution is 2.12. The predicted molar refractivity (Wildman–Crippen MR) is 41.8 cm³/mol. The summed E-state index contributed by atoms with van der Waals surface area (Å²) >= 11 is 0. The van der Waals surface area contributed by atoms with Gasteiger partial charge in [0.15, 0.2) is 0 Å². The van der Waals surface area contributed by atoms with E-state index < -0.39 is 0 Å². The van der Waals surface area contributed by atoms with Crippen molar-refractivity contribution in [2.45, 2.75) is 6.42 Å². The fourth-order valence-corrected chi connectivity index (χ4v) is 1.14. The fourth-order valence-electron chi connectivity index (χ4n) is 1.14. The molecule has 1 radical (unpaired) electrons. The molecule has 53 valence electrons. The Morgan fingerprint density at radius 1 is 1.55 bits per heavy atom. The average Bonchev–Trinajstić information content (AvgIpc) is 2.06. The number of amides is 1. The number of rotatable bonds is 0. The molecule has 0 aliphatic carbocycles. The Bertz CT molecular complexity index is 328. The lowest BCUT2D eigenvalue weighted by molar-refractivity contribution is 0.100. The normalized spacial score (nSPS) is 14.7. The molecule has 0 fully saturated rings. The molecule has 1 aromatic carbocycles. The van der Waals surface area contributed by atoms with E-state index in [1.54, 1.807) is 12.3 Å². The summed E-state index contributed by atoms with van der Waals surface area (Å²) in [6.07, 6.45) is 2.40. The Kier molecular flexibility index (Phi) is 1.32. The molecule has 2 heteroatoms. The van der Waals surface area contributed by atoms with E-state index in [-0.39, 0.29) is 5.91 Å². The third-order valence-electron chi connectivity index (χ3n) is 1.70. The van der Waals surface area contributed by atoms with Gasteiger partial charge in [-0.2, -0.15) is 0 Å². The maximum Gasteiger partial charge on any atom is 0.276 e. The summed E-state index contributed by atoms with van der Waals surface area (Å²) in [7, 11) is 0. The molecule has 0 atom stereocenters. The van der Waals surface area contributed by atoms with Crippen LogP contribution in [0.1, 0.15) is 15.9 Å². The summed E-state index contributed by atoms with van der Waals surface area (Å²) in [5.41, 5.74) is 1.73. The summed E-state index contributed by atoms with van der Waals surface area (Å²) in [6.45, 7) is 0. The van der Waals surface area contributed by atoms with Crippen LogP contribution in [0.15, 0.2) is 23.2 Å². The average molecular weight is 144 g/mol. The van der Waals surface area contributed by atoms with Gasteiger partial charge in [-0.3, -0.25) is 4.79 Å². The van der Waals surface area contributed by atoms with Crippen molar-refractivity contribution in [2.75, 3.05) is 0 Å². The van der Waals surface area contributed by atoms with Crippen LogP contribution < -0.4 is 0 Å². The summed E-state index contributed by atoms with van der Waals surface area (Å²) in [5.74, 6) is -0.150. The Hall–Kier alpha value is -1.44. The number of carbonyl (C=O) groups is 1. The third-order valence-corrected chi connectivity index (χ3v) is 1.70. The van der Waals surface area contributed by atoms with Gasteiger partial charge in [-0.15, -0.1) is 0 Å². The van der Waals surface area contributed by atoms with Gasteiger partial charge in [-0.05, 0) is 17.7 Å². The molecule has 11 heavy (non-hydrogen) atoms. The molecule has 1 aliphatic rings. The minimum Gasteiger partial charge on any atom is -0.267 e. The highest BCUT2D eigenvalue weighted by atomic mass is 16.1. The van der Waals surface area contributed by atoms with Crippen LogP contribution in [0.25, 0.3) is 0 Å². The van der Waals surface area contributed by atoms with Crippen molar-refractivity contribution in [2.24, 2.45) is 4.99 Å². The number of benzene rings is 1. The molecular formula is C9H6NO. The second kappa shape index (κ2) is 2.31. The molecule has 0 saturated heterocycles. The van der Waals surface area contributed by atoms with Crippen molar-refractivity contribution in [3.05, 3.63) is 35.4 Å². The first-order chi connectivity index (χ1) is 5.38. The smallest absolute Gasteiger partial charge is 0.267 e. The zero-order chi connectivity index (χ0) is 7.68. The second-order valence-electron chi connectivity index (χ2n) is 2.40. The molecule has 1 aromatic rings. The van der Waals surface area contributed by atoms with Crippen LogP contribution in [0.2, 0.25) is 0 Å². The minimum absolute atomic E-state index is 0.150. The van der Waals surface area contributed by atoms with Gasteiger partial charge in [0.05, 0.1) is 0 Å². The van der Waals surface area contributed by atoms with E-state index >= 15 is 0 Å². The monoisotopic (exact) mass is 144 g/mol. The van der Waals surface area contributed by atoms with Crippen LogP contribution in [-0.2, 0) is 6.42 Å². The molecule has 2 nitrogen and oxygen atoms in total. The van der Waals surface area contributed by atoms with E-state index in [0.717, 1.165) is 12.0 Å². The SMILES string of the molecule is O=C1N=CCc2cc[c]cc21. The lowest BCUT2D eigenvalue weighted by Gasteiger charge is -2.06. The Morgan fingerprint density at radius 2 is 2.45 bits per heavy atom. The molecule has 0 aromatic heterocycles. The molecule has 2 rings (SSSR count). The third kappa shape index (κ3) is 0.963. The van der Waals surface area contributed by atoms with Crippen molar-refractivity contribution < 1.29 is 4.79 Å². The zero-order valence-corrected chi connectivity index (χ0v) is 5.87. The lowest BCUT2D eigenvalue weighted by atomic mass is 10.0. The number of nitrogens with zero attached hydrogens (tertiary/aromatic N) is 1. The van der Waals surface area contributed by atoms with E-state index in [0.29, 0.717) is 5.56 Å². The maximum atomic E-state index is 11.1. The minimum atomic E-state index is -0.150. The Morgan fingerprint density at radius 3 is 3.27 bits per heavy atom. The Labute approximate surface area is 64.6 Å². The number of aliphatic imine (C=N–C) groups is 1. The van der Waals surface area contributed by atoms with Gasteiger partial charge in [-0.1, -0.05) is 12.1 Å². The van der Waals surface area contributed by atoms with Gasteiger partial charge in [0.1, 0.15) is 0 Å². The van der Waals surface area contributed by atoms with Crippen LogP contribution >= 0.6 is 0 Å². The van der Waals surface area contributed by atoms with Gasteiger partial charge in [-0.25, -0.2) is 4.99 Å². The molecule has 0 saturated carbocycles. The van der Waals surface area contributed by atoms with Crippen molar-refractivity contribution in [1.29, 1.82) is 0 Å². The summed E-state index contributed by atoms with van der Waals surface area (Å²) in [4.78, 5) is 14.8. The summed E-state index contributed by atoms with van der Waals surface area (Å²) < 4.78 is 0. The van der Waals surface area contributed by atoms with Gasteiger partial charge >= 0.3 is 0 Å².